The van der Waals surface area contributed by atoms with Gasteiger partial charge in [0.1, 0.15) is 0 Å². The number of alkyl halides is 8. The summed E-state index contributed by atoms with van der Waals surface area (Å²) in [6.07, 6.45) is -6.51. The summed E-state index contributed by atoms with van der Waals surface area (Å²) in [4.78, 5) is 0. The topological polar surface area (TPSA) is 96.3 Å². The Hall–Kier alpha value is -0.880. The first kappa shape index (κ1) is 31.3. The van der Waals surface area contributed by atoms with Gasteiger partial charge >= 0.3 is 17.4 Å². The molecule has 0 rings (SSSR count). The summed E-state index contributed by atoms with van der Waals surface area (Å²) in [5.41, 5.74) is -5.87. The van der Waals surface area contributed by atoms with E-state index in [1.165, 1.54) is 0 Å². The molecular formula is C13H22F9NO6S. The molecule has 0 bridgehead atoms. The molecule has 0 aromatic rings. The molecule has 17 heteroatoms. The highest BCUT2D eigenvalue weighted by Crippen LogP contribution is 2.54. The molecule has 1 atom stereocenters. The quantitative estimate of drug-likeness (QED) is 0.281. The molecule has 0 aliphatic rings. The lowest BCUT2D eigenvalue weighted by atomic mass is 9.99. The zero-order chi connectivity index (χ0) is 23.1. The molecule has 0 saturated carbocycles. The van der Waals surface area contributed by atoms with Crippen molar-refractivity contribution >= 4 is 10.0 Å². The summed E-state index contributed by atoms with van der Waals surface area (Å²) in [6.45, 7) is -6.22. The van der Waals surface area contributed by atoms with Crippen molar-refractivity contribution in [2.24, 2.45) is 0 Å². The van der Waals surface area contributed by atoms with E-state index in [4.69, 9.17) is 10.2 Å². The van der Waals surface area contributed by atoms with E-state index in [2.05, 4.69) is 9.47 Å². The van der Waals surface area contributed by atoms with E-state index in [0.29, 0.717) is 0 Å². The second kappa shape index (κ2) is 11.7. The number of rotatable bonds is 14. The summed E-state index contributed by atoms with van der Waals surface area (Å²) < 4.78 is 140. The highest BCUT2D eigenvalue weighted by molar-refractivity contribution is 7.90. The zero-order valence-electron chi connectivity index (χ0n) is 15.5. The molecule has 0 aliphatic carbocycles. The standard InChI is InChI=1S/C13H21F8NO6S.FH/c1-10(14,12(17,18)19)11(15,16)13(20,21)29(25,26)22(2-6-27-8-4-23)3-7-28-9-5-24;/h23-24H,2-9H2,1H3;1H. The maximum Gasteiger partial charge on any atom is 0.428 e. The van der Waals surface area contributed by atoms with Gasteiger partial charge in [0.05, 0.1) is 39.6 Å². The molecular weight excluding hydrogens is 469 g/mol. The Labute approximate surface area is 166 Å². The lowest BCUT2D eigenvalue weighted by Gasteiger charge is -2.38. The third-order valence-corrected chi connectivity index (χ3v) is 5.54. The summed E-state index contributed by atoms with van der Waals surface area (Å²) in [7, 11) is -6.55. The molecule has 0 amide bonds. The Bertz CT molecular complexity index is 588. The van der Waals surface area contributed by atoms with E-state index in [-0.39, 0.29) is 22.2 Å². The fraction of sp³-hybridized carbons (Fsp3) is 1.00. The van der Waals surface area contributed by atoms with Gasteiger partial charge in [0, 0.05) is 13.1 Å². The van der Waals surface area contributed by atoms with Crippen molar-refractivity contribution in [1.29, 1.82) is 0 Å². The van der Waals surface area contributed by atoms with Crippen LogP contribution in [0.1, 0.15) is 6.92 Å². The fourth-order valence-corrected chi connectivity index (χ4v) is 3.26. The van der Waals surface area contributed by atoms with Crippen LogP contribution in [-0.2, 0) is 19.5 Å². The van der Waals surface area contributed by atoms with Gasteiger partial charge in [-0.25, -0.2) is 12.8 Å². The normalized spacial score (nSPS) is 15.7. The predicted octanol–water partition coefficient (Wildman–Crippen LogP) is 1.31. The van der Waals surface area contributed by atoms with E-state index in [1.54, 1.807) is 0 Å². The molecule has 0 fully saturated rings. The van der Waals surface area contributed by atoms with Crippen molar-refractivity contribution in [3.63, 3.8) is 0 Å². The second-order valence-electron chi connectivity index (χ2n) is 5.67. The van der Waals surface area contributed by atoms with Gasteiger partial charge in [-0.2, -0.15) is 35.0 Å². The van der Waals surface area contributed by atoms with E-state index < -0.39 is 79.5 Å². The molecule has 7 nitrogen and oxygen atoms in total. The molecule has 2 N–H and O–H groups in total. The first-order valence-corrected chi connectivity index (χ1v) is 9.34. The van der Waals surface area contributed by atoms with Gasteiger partial charge in [-0.3, -0.25) is 4.70 Å². The monoisotopic (exact) mass is 491 g/mol. The highest BCUT2D eigenvalue weighted by atomic mass is 32.2. The van der Waals surface area contributed by atoms with Crippen LogP contribution >= 0.6 is 0 Å². The van der Waals surface area contributed by atoms with Crippen LogP contribution in [0.25, 0.3) is 0 Å². The van der Waals surface area contributed by atoms with Crippen molar-refractivity contribution in [2.45, 2.75) is 29.9 Å². The van der Waals surface area contributed by atoms with Gasteiger partial charge in [0.15, 0.2) is 0 Å². The summed E-state index contributed by atoms with van der Waals surface area (Å²) in [6, 6.07) is 0. The van der Waals surface area contributed by atoms with Crippen molar-refractivity contribution in [2.75, 3.05) is 52.7 Å². The Morgan fingerprint density at radius 2 is 1.17 bits per heavy atom. The van der Waals surface area contributed by atoms with Gasteiger partial charge in [-0.1, -0.05) is 0 Å². The minimum absolute atomic E-state index is 0. The molecule has 0 aromatic carbocycles. The SMILES string of the molecule is CC(F)(C(F)(F)F)C(F)(F)C(F)(F)S(=O)(=O)N(CCOCCO)CCOCCO.F. The summed E-state index contributed by atoms with van der Waals surface area (Å²) in [5.74, 6) is -6.69. The maximum atomic E-state index is 14.1. The van der Waals surface area contributed by atoms with Crippen molar-refractivity contribution < 1.29 is 67.9 Å². The van der Waals surface area contributed by atoms with Gasteiger partial charge in [0.25, 0.3) is 15.7 Å². The van der Waals surface area contributed by atoms with Crippen LogP contribution in [0.3, 0.4) is 0 Å². The molecule has 0 saturated heterocycles. The maximum absolute atomic E-state index is 14.1. The first-order chi connectivity index (χ1) is 13.0. The van der Waals surface area contributed by atoms with Gasteiger partial charge < -0.3 is 19.7 Å². The molecule has 1 unspecified atom stereocenters. The van der Waals surface area contributed by atoms with Crippen LogP contribution in [0.2, 0.25) is 0 Å². The fourth-order valence-electron chi connectivity index (χ4n) is 1.79. The molecule has 0 heterocycles. The average molecular weight is 491 g/mol. The summed E-state index contributed by atoms with van der Waals surface area (Å²) >= 11 is 0. The Morgan fingerprint density at radius 3 is 1.47 bits per heavy atom. The van der Waals surface area contributed by atoms with E-state index in [1.807, 2.05) is 0 Å². The Morgan fingerprint density at radius 1 is 0.800 bits per heavy atom. The largest absolute Gasteiger partial charge is 0.428 e. The number of nitrogens with zero attached hydrogens (tertiary/aromatic N) is 1. The number of halogens is 9. The molecule has 0 radical (unpaired) electrons. The zero-order valence-corrected chi connectivity index (χ0v) is 16.3. The minimum Gasteiger partial charge on any atom is -0.394 e. The van der Waals surface area contributed by atoms with Crippen LogP contribution in [0.4, 0.5) is 39.8 Å². The molecule has 184 valence electrons. The molecule has 0 aromatic heterocycles. The number of sulfonamides is 1. The van der Waals surface area contributed by atoms with E-state index in [9.17, 15) is 43.5 Å². The predicted molar refractivity (Wildman–Crippen MR) is 84.3 cm³/mol. The first-order valence-electron chi connectivity index (χ1n) is 7.90. The van der Waals surface area contributed by atoms with Crippen LogP contribution in [0.15, 0.2) is 0 Å². The Kier molecular flexibility index (Phi) is 12.2. The lowest BCUT2D eigenvalue weighted by Crippen LogP contribution is -2.66. The van der Waals surface area contributed by atoms with E-state index in [0.717, 1.165) is 0 Å². The number of aliphatic hydroxyl groups is 2. The van der Waals surface area contributed by atoms with Gasteiger partial charge in [0.2, 0.25) is 0 Å². The van der Waals surface area contributed by atoms with Crippen molar-refractivity contribution in [1.82, 2.24) is 4.31 Å². The second-order valence-corrected chi connectivity index (χ2v) is 7.65. The minimum atomic E-state index is -6.69. The Balaban J connectivity index is 0. The number of aliphatic hydroxyl groups excluding tert-OH is 2. The smallest absolute Gasteiger partial charge is 0.394 e. The number of hydrogen-bond donors (Lipinski definition) is 2. The van der Waals surface area contributed by atoms with Crippen LogP contribution in [0, 0.1) is 0 Å². The lowest BCUT2D eigenvalue weighted by molar-refractivity contribution is -0.330. The average Bonchev–Trinajstić information content (AvgIpc) is 2.58. The molecule has 30 heavy (non-hydrogen) atoms. The van der Waals surface area contributed by atoms with Crippen LogP contribution < -0.4 is 0 Å². The third kappa shape index (κ3) is 6.56. The van der Waals surface area contributed by atoms with E-state index >= 15 is 0 Å². The van der Waals surface area contributed by atoms with Crippen LogP contribution in [-0.4, -0.2) is 98.7 Å². The third-order valence-electron chi connectivity index (χ3n) is 3.59. The van der Waals surface area contributed by atoms with Crippen molar-refractivity contribution in [3.8, 4) is 0 Å². The van der Waals surface area contributed by atoms with Crippen LogP contribution in [0.5, 0.6) is 0 Å². The van der Waals surface area contributed by atoms with Crippen molar-refractivity contribution in [3.05, 3.63) is 0 Å². The summed E-state index contributed by atoms with van der Waals surface area (Å²) in [5, 5.41) is 10.6. The molecule has 0 aliphatic heterocycles. The van der Waals surface area contributed by atoms with Gasteiger partial charge in [-0.05, 0) is 6.92 Å². The number of ether oxygens (including phenoxy) is 2. The highest BCUT2D eigenvalue weighted by Gasteiger charge is 2.82. The van der Waals surface area contributed by atoms with Gasteiger partial charge in [-0.15, -0.1) is 0 Å². The molecule has 0 spiro atoms. The number of hydrogen-bond acceptors (Lipinski definition) is 6.